The molecule has 0 amide bonds. The zero-order valence-corrected chi connectivity index (χ0v) is 83.1. The predicted octanol–water partition coefficient (Wildman–Crippen LogP) is 13.9. The molecule has 3 aromatic rings. The Morgan fingerprint density at radius 1 is 0.512 bits per heavy atom. The zero-order valence-electron chi connectivity index (χ0n) is 77.3. The van der Waals surface area contributed by atoms with Gasteiger partial charge in [0, 0.05) is 96.7 Å². The number of allylic oxidation sites excluding steroid dienone is 10. The van der Waals surface area contributed by atoms with Crippen molar-refractivity contribution >= 4 is 116 Å². The Morgan fingerprint density at radius 2 is 0.821 bits per heavy atom. The smallest absolute Gasteiger partial charge is 0.458 e. The monoisotopic (exact) mass is 1890 g/mol. The van der Waals surface area contributed by atoms with Gasteiger partial charge in [0.1, 0.15) is 24.6 Å². The number of carboxylic acids is 1. The number of alkyl halides is 2. The second-order valence-corrected chi connectivity index (χ2v) is 40.9. The van der Waals surface area contributed by atoms with Crippen molar-refractivity contribution < 1.29 is 117 Å². The number of aliphatic carboxylic acids is 1. The van der Waals surface area contributed by atoms with E-state index in [-0.39, 0.29) is 184 Å². The fourth-order valence-corrected chi connectivity index (χ4v) is 23.1. The van der Waals surface area contributed by atoms with Gasteiger partial charge in [-0.3, -0.25) is 24.0 Å². The van der Waals surface area contributed by atoms with Gasteiger partial charge in [-0.05, 0) is 148 Å². The number of carbonyl (C=O) groups excluding carboxylic acids is 7. The molecule has 123 heavy (non-hydrogen) atoms. The third-order valence-corrected chi connectivity index (χ3v) is 33.9. The fraction of sp³-hybridized carbons (Fsp3) is 0.545. The van der Waals surface area contributed by atoms with Gasteiger partial charge in [0.05, 0.1) is 50.4 Å². The molecule has 1 aliphatic heterocycles. The Balaban J connectivity index is -0.000000668. The predicted molar refractivity (Wildman–Crippen MR) is 517 cm³/mol. The summed E-state index contributed by atoms with van der Waals surface area (Å²) in [4.78, 5) is 75.3. The maximum Gasteiger partial charge on any atom is 1.00 e. The number of hydrogen-bond donors (Lipinski definition) is 5. The summed E-state index contributed by atoms with van der Waals surface area (Å²) in [6.07, 6.45) is 33.1. The SMILES string of the molecule is C.C.CC(=O)OC1C=CC(=O)C(C)C1CC=C(C)C.CC(=O)OC1C=CC(O)C(C)C1CC=C(C)C.CC(=O)[O-].CC(C)=CCC1C(O)C=CC(=O)C1C.CC(I)P(C)(c1ccccc1)(c1ccccc1)c1ccccc1.CC1C(O)C=CC2OC(=O)CC21.CCl.COC1C=CC(O)C(CC=C(C)C)C1C.COC1C=CC(O)C(CC=O)C1C.[2H]PC.[B].[Na+]. The molecule has 6 aliphatic carbocycles. The van der Waals surface area contributed by atoms with Gasteiger partial charge in [-0.15, -0.1) is 20.8 Å². The largest absolute Gasteiger partial charge is 1.00 e. The zero-order chi connectivity index (χ0) is 91.3. The van der Waals surface area contributed by atoms with Crippen molar-refractivity contribution in [2.24, 2.45) is 71.0 Å². The quantitative estimate of drug-likeness (QED) is 0.0116. The Morgan fingerprint density at radius 3 is 1.19 bits per heavy atom. The number of aliphatic hydroxyl groups excluding tert-OH is 5. The standard InChI is InChI=1S/C21H22IP.C14H22O3.C14H20O3.C13H22O2.C12H18O2.C10H16O3.C9H12O3.C2H4O2.CH3Cl.CH5P.2CH4.B.Na/c1-18(22)23(2,19-12-6-3-7-13-19,20-14-8-4-9-15-20)21-16-10-5-11-17-21;2*1-9(2)5-6-12-10(3)13(16)7-8-14(12)17-11(4)15;1-9(2)5-6-11-10(3)13(15-4)8-7-12(11)14;1-8(2)4-5-10-9(3)11(13)6-7-12(10)14;1-7-8(5-6-11)9(12)3-4-10(7)13-2;1-5-6-4-9(11)12-8(6)3-2-7(5)10;1-2(3)4;2*1-2;;;;/h3-18H,1-2H3;5,7-8,10,12-14,16H,6H2,1-4H3;5,7-8,10,12,14H,6H2,1-4H3;5,7-8,10-14H,6H2,1-4H3;4,6-7,9-10,12,14H,5H2,1-3H3;3-4,6-10,12H,5H2,1-2H3;2-3,5-8,10H,4H2,1H3;1H3,(H,3,4);1H3;2H2,1H3;2*1H4;;/q;;;;;;;;;;;;;+1/p-1/i;;;;;;;;;2D;;;;. The van der Waals surface area contributed by atoms with Gasteiger partial charge in [-0.25, -0.2) is 0 Å². The summed E-state index contributed by atoms with van der Waals surface area (Å²) in [5.41, 5.74) is 4.98. The number of carboxylic acid groups (broad SMARTS) is 1. The minimum Gasteiger partial charge on any atom is -0.458 e. The molecule has 1 fully saturated rings. The summed E-state index contributed by atoms with van der Waals surface area (Å²) in [7, 11) is 3.70. The first-order valence-electron chi connectivity index (χ1n) is 41.6. The third-order valence-electron chi connectivity index (χ3n) is 23.0. The number of ether oxygens (including phenoxy) is 5. The molecule has 1 heterocycles. The van der Waals surface area contributed by atoms with E-state index in [0.29, 0.717) is 31.6 Å². The molecule has 0 aromatic heterocycles. The minimum absolute atomic E-state index is 0. The summed E-state index contributed by atoms with van der Waals surface area (Å²) in [6.45, 7) is 36.2. The van der Waals surface area contributed by atoms with E-state index in [0.717, 1.165) is 38.9 Å². The van der Waals surface area contributed by atoms with Crippen molar-refractivity contribution in [1.29, 1.82) is 1.28 Å². The number of ketones is 2. The van der Waals surface area contributed by atoms with Crippen LogP contribution in [0.4, 0.5) is 0 Å². The molecule has 7 aliphatic rings. The average Bonchev–Trinajstić information content (AvgIpc) is 0.785. The maximum atomic E-state index is 11.6. The molecule has 683 valence electrons. The summed E-state index contributed by atoms with van der Waals surface area (Å²) in [5, 5.41) is 61.7. The number of aldehydes is 1. The second-order valence-electron chi connectivity index (χ2n) is 32.4. The van der Waals surface area contributed by atoms with Crippen LogP contribution in [0.25, 0.3) is 0 Å². The Hall–Kier alpha value is -5.39. The van der Waals surface area contributed by atoms with Gasteiger partial charge < -0.3 is 63.9 Å². The number of rotatable bonds is 18. The second kappa shape index (κ2) is 64.4. The van der Waals surface area contributed by atoms with Crippen LogP contribution in [0.15, 0.2) is 211 Å². The first-order valence-corrected chi connectivity index (χ1v) is 46.9. The molecule has 3 radical (unpaired) electrons. The minimum atomic E-state index is -2.52. The summed E-state index contributed by atoms with van der Waals surface area (Å²) in [5.74, 6) is -0.257. The van der Waals surface area contributed by atoms with Gasteiger partial charge in [-0.2, -0.15) is 0 Å². The number of halogens is 2. The molecule has 24 atom stereocenters. The molecule has 0 bridgehead atoms. The van der Waals surface area contributed by atoms with Gasteiger partial charge in [0.2, 0.25) is 0 Å². The van der Waals surface area contributed by atoms with E-state index in [1.54, 1.807) is 56.8 Å². The molecule has 24 unspecified atom stereocenters. The first-order chi connectivity index (χ1) is 56.5. The van der Waals surface area contributed by atoms with Crippen LogP contribution in [0.2, 0.25) is 0 Å². The number of benzene rings is 3. The molecule has 10 rings (SSSR count). The summed E-state index contributed by atoms with van der Waals surface area (Å²) < 4.78 is 32.9. The van der Waals surface area contributed by atoms with E-state index in [1.165, 1.54) is 70.6 Å². The van der Waals surface area contributed by atoms with Crippen LogP contribution in [0.3, 0.4) is 0 Å². The summed E-state index contributed by atoms with van der Waals surface area (Å²) >= 11 is 7.28. The normalized spacial score (nSPS) is 28.0. The fourth-order valence-electron chi connectivity index (χ4n) is 15.2. The van der Waals surface area contributed by atoms with E-state index in [2.05, 4.69) is 184 Å². The molecule has 3 aromatic carbocycles. The summed E-state index contributed by atoms with van der Waals surface area (Å²) in [6, 6.07) is 33.2. The van der Waals surface area contributed by atoms with E-state index in [9.17, 15) is 54.3 Å². The van der Waals surface area contributed by atoms with Crippen LogP contribution in [-0.2, 0) is 57.2 Å². The van der Waals surface area contributed by atoms with E-state index in [4.69, 9.17) is 34.9 Å². The van der Waals surface area contributed by atoms with Crippen molar-refractivity contribution in [1.82, 2.24) is 0 Å². The number of esters is 3. The third kappa shape index (κ3) is 40.0. The molecule has 0 saturated carbocycles. The number of hydrogen-bond acceptors (Lipinski definition) is 18. The molecule has 24 heteroatoms. The number of fused-ring (bicyclic) bond motifs is 1. The van der Waals surface area contributed by atoms with Crippen LogP contribution in [-0.4, -0.2) is 176 Å². The van der Waals surface area contributed by atoms with Crippen LogP contribution >= 0.6 is 50.0 Å². The topological polar surface area (TPSA) is 290 Å². The Labute approximate surface area is 786 Å². The van der Waals surface area contributed by atoms with Crippen molar-refractivity contribution in [3.63, 3.8) is 0 Å². The van der Waals surface area contributed by atoms with Gasteiger partial charge in [-0.1, -0.05) is 152 Å². The van der Waals surface area contributed by atoms with Crippen molar-refractivity contribution in [3.8, 4) is 0 Å². The number of carbonyl (C=O) groups is 7. The molecule has 0 spiro atoms. The molecular weight excluding hydrogens is 1740 g/mol. The average molecular weight is 1890 g/mol. The molecule has 5 N–H and O–H groups in total. The number of methoxy groups -OCH3 is 2. The van der Waals surface area contributed by atoms with Crippen LogP contribution in [0.1, 0.15) is 178 Å². The van der Waals surface area contributed by atoms with Crippen molar-refractivity contribution in [2.45, 2.75) is 243 Å². The van der Waals surface area contributed by atoms with Crippen molar-refractivity contribution in [2.75, 3.05) is 33.9 Å². The van der Waals surface area contributed by atoms with E-state index in [1.807, 2.05) is 101 Å². The van der Waals surface area contributed by atoms with Gasteiger partial charge in [0.15, 0.2) is 11.6 Å². The van der Waals surface area contributed by atoms with Crippen LogP contribution in [0, 0.1) is 71.0 Å². The van der Waals surface area contributed by atoms with Crippen LogP contribution in [0.5, 0.6) is 0 Å². The first kappa shape index (κ1) is 122. The maximum absolute atomic E-state index is 11.6. The molecule has 18 nitrogen and oxygen atoms in total. The molecule has 1 saturated heterocycles. The van der Waals surface area contributed by atoms with E-state index < -0.39 is 37.0 Å². The van der Waals surface area contributed by atoms with Gasteiger partial charge in [0.25, 0.3) is 0 Å². The van der Waals surface area contributed by atoms with Crippen LogP contribution < -0.4 is 50.6 Å². The van der Waals surface area contributed by atoms with Gasteiger partial charge >= 0.3 is 201 Å². The van der Waals surface area contributed by atoms with E-state index >= 15 is 0 Å². The number of aliphatic hydroxyl groups is 5. The Bertz CT molecular complexity index is 3790. The Kier molecular flexibility index (Phi) is 63.7. The van der Waals surface area contributed by atoms with Crippen molar-refractivity contribution in [3.05, 3.63) is 211 Å². The molecular formula is C99H151BClINaO18P2.